The average molecular weight is 515 g/mol. The Labute approximate surface area is 214 Å². The number of aromatic nitrogens is 1. The summed E-state index contributed by atoms with van der Waals surface area (Å²) in [6, 6.07) is 13.7. The lowest BCUT2D eigenvalue weighted by Crippen LogP contribution is -2.42. The van der Waals surface area contributed by atoms with Crippen molar-refractivity contribution in [2.45, 2.75) is 36.8 Å². The van der Waals surface area contributed by atoms with Crippen LogP contribution >= 0.6 is 11.8 Å². The molecule has 1 aromatic heterocycles. The van der Waals surface area contributed by atoms with Gasteiger partial charge in [-0.05, 0) is 91.7 Å². The Morgan fingerprint density at radius 1 is 1.22 bits per heavy atom. The van der Waals surface area contributed by atoms with Crippen LogP contribution in [0.15, 0.2) is 59.6 Å². The number of fused-ring (bicyclic) bond motifs is 1. The number of carboxylic acid groups (broad SMARTS) is 1. The fourth-order valence-electron chi connectivity index (χ4n) is 5.08. The van der Waals surface area contributed by atoms with Crippen molar-refractivity contribution in [3.8, 4) is 5.75 Å². The number of pyridine rings is 1. The van der Waals surface area contributed by atoms with E-state index in [1.54, 1.807) is 43.3 Å². The van der Waals surface area contributed by atoms with Gasteiger partial charge in [-0.3, -0.25) is 9.78 Å². The van der Waals surface area contributed by atoms with Gasteiger partial charge in [-0.25, -0.2) is 8.78 Å². The minimum atomic E-state index is -1.15. The Hall–Kier alpha value is -2.71. The molecule has 8 heteroatoms. The van der Waals surface area contributed by atoms with Gasteiger partial charge in [-0.2, -0.15) is 0 Å². The van der Waals surface area contributed by atoms with Gasteiger partial charge in [0.25, 0.3) is 0 Å². The van der Waals surface area contributed by atoms with E-state index in [1.165, 1.54) is 12.1 Å². The van der Waals surface area contributed by atoms with Crippen molar-refractivity contribution in [2.75, 3.05) is 32.5 Å². The summed E-state index contributed by atoms with van der Waals surface area (Å²) in [5.74, 6) is 0.621. The minimum Gasteiger partial charge on any atom is -0.497 e. The number of carboxylic acids is 1. The molecule has 1 aliphatic heterocycles. The van der Waals surface area contributed by atoms with Crippen LogP contribution in [0.1, 0.15) is 37.4 Å². The Morgan fingerprint density at radius 3 is 2.78 bits per heavy atom. The summed E-state index contributed by atoms with van der Waals surface area (Å²) in [6.07, 6.45) is 2.42. The van der Waals surface area contributed by atoms with Crippen LogP contribution in [0.4, 0.5) is 8.78 Å². The van der Waals surface area contributed by atoms with E-state index < -0.39 is 12.1 Å². The van der Waals surface area contributed by atoms with Gasteiger partial charge in [-0.15, -0.1) is 11.8 Å². The second-order valence-corrected chi connectivity index (χ2v) is 10.5. The molecule has 0 bridgehead atoms. The van der Waals surface area contributed by atoms with E-state index in [1.807, 2.05) is 18.2 Å². The summed E-state index contributed by atoms with van der Waals surface area (Å²) in [5.41, 5.74) is 1.33. The lowest BCUT2D eigenvalue weighted by atomic mass is 9.79. The molecule has 1 fully saturated rings. The van der Waals surface area contributed by atoms with Crippen molar-refractivity contribution in [2.24, 2.45) is 11.8 Å². The molecule has 0 spiro atoms. The molecule has 2 aromatic carbocycles. The number of ether oxygens (including phenoxy) is 1. The first-order valence-corrected chi connectivity index (χ1v) is 13.3. The number of piperidine rings is 1. The molecule has 1 N–H and O–H groups in total. The number of thioether (sulfide) groups is 1. The second kappa shape index (κ2) is 12.5. The monoisotopic (exact) mass is 514 g/mol. The summed E-state index contributed by atoms with van der Waals surface area (Å²) in [5, 5.41) is 10.2. The molecule has 2 heterocycles. The van der Waals surface area contributed by atoms with Gasteiger partial charge in [0.2, 0.25) is 0 Å². The maximum absolute atomic E-state index is 15.5. The van der Waals surface area contributed by atoms with Crippen LogP contribution in [0.3, 0.4) is 0 Å². The van der Waals surface area contributed by atoms with Crippen LogP contribution in [0.25, 0.3) is 10.9 Å². The van der Waals surface area contributed by atoms with E-state index in [0.29, 0.717) is 30.7 Å². The van der Waals surface area contributed by atoms with Gasteiger partial charge in [0, 0.05) is 41.7 Å². The van der Waals surface area contributed by atoms with E-state index in [9.17, 15) is 14.3 Å². The topological polar surface area (TPSA) is 62.7 Å². The molecule has 4 rings (SSSR count). The Kier molecular flexibility index (Phi) is 9.15. The first-order valence-electron chi connectivity index (χ1n) is 12.3. The highest BCUT2D eigenvalue weighted by atomic mass is 32.2. The number of nitrogens with zero attached hydrogens (tertiary/aromatic N) is 2. The third-order valence-electron chi connectivity index (χ3n) is 7.01. The van der Waals surface area contributed by atoms with Gasteiger partial charge in [0.1, 0.15) is 17.7 Å². The zero-order chi connectivity index (χ0) is 25.5. The molecule has 3 atom stereocenters. The Morgan fingerprint density at radius 2 is 2.03 bits per heavy atom. The van der Waals surface area contributed by atoms with Crippen LogP contribution in [-0.2, 0) is 4.79 Å². The predicted molar refractivity (Wildman–Crippen MR) is 139 cm³/mol. The maximum Gasteiger partial charge on any atom is 0.303 e. The first kappa shape index (κ1) is 26.4. The zero-order valence-corrected chi connectivity index (χ0v) is 21.2. The quantitative estimate of drug-likeness (QED) is 0.300. The van der Waals surface area contributed by atoms with E-state index in [-0.39, 0.29) is 24.1 Å². The molecule has 1 unspecified atom stereocenters. The largest absolute Gasteiger partial charge is 0.497 e. The van der Waals surface area contributed by atoms with Crippen molar-refractivity contribution >= 4 is 28.6 Å². The summed E-state index contributed by atoms with van der Waals surface area (Å²) in [6.45, 7) is 2.41. The van der Waals surface area contributed by atoms with E-state index in [0.717, 1.165) is 41.1 Å². The third kappa shape index (κ3) is 6.95. The summed E-state index contributed by atoms with van der Waals surface area (Å²) in [7, 11) is 1.58. The van der Waals surface area contributed by atoms with Gasteiger partial charge in [0.15, 0.2) is 0 Å². The number of hydrogen-bond acceptors (Lipinski definition) is 5. The molecule has 0 saturated carbocycles. The maximum atomic E-state index is 15.5. The molecular weight excluding hydrogens is 482 g/mol. The Balaban J connectivity index is 1.34. The number of benzene rings is 2. The lowest BCUT2D eigenvalue weighted by Gasteiger charge is -2.38. The molecule has 0 amide bonds. The fourth-order valence-corrected chi connectivity index (χ4v) is 5.99. The smallest absolute Gasteiger partial charge is 0.303 e. The zero-order valence-electron chi connectivity index (χ0n) is 20.4. The van der Waals surface area contributed by atoms with Gasteiger partial charge in [0.05, 0.1) is 12.6 Å². The second-order valence-electron chi connectivity index (χ2n) is 9.34. The van der Waals surface area contributed by atoms with Crippen LogP contribution in [-0.4, -0.2) is 53.5 Å². The molecule has 0 radical (unpaired) electrons. The average Bonchev–Trinajstić information content (AvgIpc) is 2.88. The number of rotatable bonds is 11. The summed E-state index contributed by atoms with van der Waals surface area (Å²) < 4.78 is 33.9. The number of halogens is 2. The van der Waals surface area contributed by atoms with Crippen molar-refractivity contribution in [1.82, 2.24) is 9.88 Å². The van der Waals surface area contributed by atoms with Gasteiger partial charge >= 0.3 is 5.97 Å². The van der Waals surface area contributed by atoms with E-state index in [4.69, 9.17) is 4.74 Å². The molecule has 1 saturated heterocycles. The third-order valence-corrected chi connectivity index (χ3v) is 8.01. The van der Waals surface area contributed by atoms with Crippen molar-refractivity contribution < 1.29 is 23.4 Å². The van der Waals surface area contributed by atoms with Crippen molar-refractivity contribution in [1.29, 1.82) is 0 Å². The number of alkyl halides is 1. The van der Waals surface area contributed by atoms with Crippen LogP contribution in [0, 0.1) is 17.7 Å². The summed E-state index contributed by atoms with van der Waals surface area (Å²) in [4.78, 5) is 19.2. The molecule has 1 aliphatic rings. The number of methoxy groups -OCH3 is 1. The standard InChI is InChI=1S/C28H32F2N2O3S/c1-35-22-5-9-27-25(17-22)24(10-12-31-27)26(30)8-2-19-11-13-32(18-20(19)16-28(33)34)14-15-36-23-6-3-21(29)4-7-23/h3-7,9-10,12,17,19-20,26H,2,8,11,13-16,18H2,1H3,(H,33,34)/t19-,20+,26?/m1/s1. The fraction of sp³-hybridized carbons (Fsp3) is 0.429. The lowest BCUT2D eigenvalue weighted by molar-refractivity contribution is -0.139. The van der Waals surface area contributed by atoms with Gasteiger partial charge in [-0.1, -0.05) is 0 Å². The van der Waals surface area contributed by atoms with Crippen molar-refractivity contribution in [3.63, 3.8) is 0 Å². The highest BCUT2D eigenvalue weighted by Gasteiger charge is 2.31. The minimum absolute atomic E-state index is 0.00597. The van der Waals surface area contributed by atoms with E-state index >= 15 is 4.39 Å². The molecule has 192 valence electrons. The SMILES string of the molecule is COc1ccc2nccc(C(F)CC[C@@H]3CCN(CCSc4ccc(F)cc4)C[C@@H]3CC(=O)O)c2c1. The number of aliphatic carboxylic acids is 1. The number of carbonyl (C=O) groups is 1. The van der Waals surface area contributed by atoms with E-state index in [2.05, 4.69) is 9.88 Å². The van der Waals surface area contributed by atoms with Crippen LogP contribution < -0.4 is 4.74 Å². The highest BCUT2D eigenvalue weighted by molar-refractivity contribution is 7.99. The molecule has 3 aromatic rings. The van der Waals surface area contributed by atoms with Crippen LogP contribution in [0.2, 0.25) is 0 Å². The Bertz CT molecular complexity index is 1160. The molecule has 5 nitrogen and oxygen atoms in total. The van der Waals surface area contributed by atoms with Crippen LogP contribution in [0.5, 0.6) is 5.75 Å². The first-order chi connectivity index (χ1) is 17.4. The molecular formula is C28H32F2N2O3S. The predicted octanol–water partition coefficient (Wildman–Crippen LogP) is 6.38. The van der Waals surface area contributed by atoms with Crippen molar-refractivity contribution in [3.05, 3.63) is 66.1 Å². The normalized spacial score (nSPS) is 19.3. The summed E-state index contributed by atoms with van der Waals surface area (Å²) >= 11 is 1.67. The molecule has 36 heavy (non-hydrogen) atoms. The van der Waals surface area contributed by atoms with Gasteiger partial charge < -0.3 is 14.7 Å². The molecule has 0 aliphatic carbocycles. The number of likely N-dealkylation sites (tertiary alicyclic amines) is 1. The number of hydrogen-bond donors (Lipinski definition) is 1. The highest BCUT2D eigenvalue weighted by Crippen LogP contribution is 2.36.